The van der Waals surface area contributed by atoms with E-state index in [1.54, 1.807) is 0 Å². The van der Waals surface area contributed by atoms with E-state index in [0.29, 0.717) is 18.6 Å². The van der Waals surface area contributed by atoms with Crippen LogP contribution >= 0.6 is 0 Å². The number of esters is 1. The molecule has 0 unspecified atom stereocenters. The van der Waals surface area contributed by atoms with Gasteiger partial charge in [-0.1, -0.05) is 0 Å². The molecule has 0 aromatic rings. The second-order valence-electron chi connectivity index (χ2n) is 1.89. The summed E-state index contributed by atoms with van der Waals surface area (Å²) in [4.78, 5) is 10.6. The van der Waals surface area contributed by atoms with Gasteiger partial charge in [-0.25, -0.2) is 4.79 Å². The maximum absolute atomic E-state index is 10.6. The first kappa shape index (κ1) is 10.0. The summed E-state index contributed by atoms with van der Waals surface area (Å²) >= 11 is 0. The first-order chi connectivity index (χ1) is 4.34. The van der Waals surface area contributed by atoms with Crippen LogP contribution in [0.1, 0.15) is 14.3 Å². The molecular formula is C6H9NaO3. The molecular weight excluding hydrogens is 143 g/mol. The van der Waals surface area contributed by atoms with Crippen molar-refractivity contribution in [1.82, 2.24) is 0 Å². The summed E-state index contributed by atoms with van der Waals surface area (Å²) < 4.78 is 4.61. The molecule has 1 heterocycles. The molecule has 0 radical (unpaired) electrons. The third-order valence-electron chi connectivity index (χ3n) is 1.24. The molecule has 1 N–H and O–H groups in total. The smallest absolute Gasteiger partial charge is 1.00 e. The molecule has 1 fully saturated rings. The van der Waals surface area contributed by atoms with Gasteiger partial charge in [-0.05, 0) is 12.8 Å². The van der Waals surface area contributed by atoms with Crippen LogP contribution in [0.5, 0.6) is 0 Å². The summed E-state index contributed by atoms with van der Waals surface area (Å²) in [5.74, 6) is -0.385. The van der Waals surface area contributed by atoms with Crippen molar-refractivity contribution >= 4 is 5.97 Å². The van der Waals surface area contributed by atoms with Crippen LogP contribution < -0.4 is 29.6 Å². The number of cyclic esters (lactones) is 1. The molecule has 0 aliphatic carbocycles. The van der Waals surface area contributed by atoms with E-state index in [-0.39, 0.29) is 37.0 Å². The predicted molar refractivity (Wildman–Crippen MR) is 32.0 cm³/mol. The Balaban J connectivity index is 0. The Bertz CT molecular complexity index is 158. The van der Waals surface area contributed by atoms with Gasteiger partial charge in [0, 0.05) is 0 Å². The zero-order chi connectivity index (χ0) is 6.69. The Labute approximate surface area is 82.8 Å². The summed E-state index contributed by atoms with van der Waals surface area (Å²) in [6.07, 6.45) is 2.27. The van der Waals surface area contributed by atoms with E-state index in [9.17, 15) is 4.79 Å². The van der Waals surface area contributed by atoms with E-state index in [2.05, 4.69) is 4.74 Å². The average molecular weight is 152 g/mol. The van der Waals surface area contributed by atoms with Gasteiger partial charge in [-0.15, -0.1) is 0 Å². The number of aliphatic hydroxyl groups excluding tert-OH is 1. The van der Waals surface area contributed by atoms with Crippen LogP contribution in [0.3, 0.4) is 0 Å². The molecule has 3 nitrogen and oxygen atoms in total. The molecule has 1 rings (SSSR count). The van der Waals surface area contributed by atoms with Crippen molar-refractivity contribution in [3.05, 3.63) is 11.8 Å². The summed E-state index contributed by atoms with van der Waals surface area (Å²) in [6.45, 7) is 0.482. The maximum atomic E-state index is 10.6. The zero-order valence-corrected chi connectivity index (χ0v) is 7.96. The van der Waals surface area contributed by atoms with E-state index < -0.39 is 0 Å². The number of carbonyl (C=O) groups excluding carboxylic acids is 1. The van der Waals surface area contributed by atoms with Crippen molar-refractivity contribution in [1.29, 1.82) is 0 Å². The molecule has 0 amide bonds. The molecule has 0 aromatic heterocycles. The van der Waals surface area contributed by atoms with Gasteiger partial charge < -0.3 is 11.3 Å². The fraction of sp³-hybridized carbons (Fsp3) is 0.500. The van der Waals surface area contributed by atoms with Gasteiger partial charge in [0.2, 0.25) is 0 Å². The minimum atomic E-state index is -0.385. The fourth-order valence-electron chi connectivity index (χ4n) is 0.739. The van der Waals surface area contributed by atoms with Gasteiger partial charge in [0.25, 0.3) is 0 Å². The Morgan fingerprint density at radius 3 is 2.80 bits per heavy atom. The molecule has 10 heavy (non-hydrogen) atoms. The Morgan fingerprint density at radius 1 is 1.70 bits per heavy atom. The summed E-state index contributed by atoms with van der Waals surface area (Å²) in [6, 6.07) is 0. The van der Waals surface area contributed by atoms with Gasteiger partial charge in [0.05, 0.1) is 18.4 Å². The second-order valence-corrected chi connectivity index (χ2v) is 1.89. The van der Waals surface area contributed by atoms with Crippen LogP contribution in [0.2, 0.25) is 0 Å². The third-order valence-corrected chi connectivity index (χ3v) is 1.24. The van der Waals surface area contributed by atoms with Crippen molar-refractivity contribution in [3.63, 3.8) is 0 Å². The summed E-state index contributed by atoms with van der Waals surface area (Å²) in [5.41, 5.74) is 0.376. The molecule has 4 heteroatoms. The molecule has 0 atom stereocenters. The van der Waals surface area contributed by atoms with Crippen LogP contribution in [0.25, 0.3) is 0 Å². The molecule has 1 aliphatic rings. The SMILES string of the molecule is O=C1OCCC/C1=C\O.[H-].[Na+]. The summed E-state index contributed by atoms with van der Waals surface area (Å²) in [5, 5.41) is 8.40. The molecule has 1 saturated heterocycles. The van der Waals surface area contributed by atoms with E-state index in [1.165, 1.54) is 0 Å². The fourth-order valence-corrected chi connectivity index (χ4v) is 0.739. The maximum Gasteiger partial charge on any atom is 1.00 e. The molecule has 0 spiro atoms. The van der Waals surface area contributed by atoms with Crippen LogP contribution in [0.15, 0.2) is 11.8 Å². The first-order valence-corrected chi connectivity index (χ1v) is 2.85. The third kappa shape index (κ3) is 2.33. The normalized spacial score (nSPS) is 21.6. The van der Waals surface area contributed by atoms with Gasteiger partial charge in [-0.2, -0.15) is 0 Å². The van der Waals surface area contributed by atoms with Crippen LogP contribution in [-0.2, 0) is 9.53 Å². The van der Waals surface area contributed by atoms with Gasteiger partial charge in [0.1, 0.15) is 0 Å². The number of hydrogen-bond donors (Lipinski definition) is 1. The number of ether oxygens (including phenoxy) is 1. The molecule has 0 aromatic carbocycles. The molecule has 1 aliphatic heterocycles. The van der Waals surface area contributed by atoms with Crippen molar-refractivity contribution in [2.75, 3.05) is 6.61 Å². The van der Waals surface area contributed by atoms with Crippen molar-refractivity contribution in [3.8, 4) is 0 Å². The topological polar surface area (TPSA) is 46.5 Å². The van der Waals surface area contributed by atoms with Crippen molar-refractivity contribution in [2.45, 2.75) is 12.8 Å². The number of hydrogen-bond acceptors (Lipinski definition) is 3. The van der Waals surface area contributed by atoms with Crippen LogP contribution in [0.4, 0.5) is 0 Å². The van der Waals surface area contributed by atoms with E-state index in [4.69, 9.17) is 5.11 Å². The Kier molecular flexibility index (Phi) is 4.77. The quantitative estimate of drug-likeness (QED) is 0.187. The van der Waals surface area contributed by atoms with Crippen LogP contribution in [0, 0.1) is 0 Å². The number of rotatable bonds is 0. The molecule has 0 saturated carbocycles. The molecule has 0 bridgehead atoms. The van der Waals surface area contributed by atoms with Crippen molar-refractivity contribution < 1.29 is 45.6 Å². The monoisotopic (exact) mass is 152 g/mol. The number of aliphatic hydroxyl groups is 1. The standard InChI is InChI=1S/C6H8O3.Na.H/c7-4-5-2-1-3-9-6(5)8;;/h4,7H,1-3H2;;/q;+1;-1/b5-4+;;. The number of carbonyl (C=O) groups is 1. The van der Waals surface area contributed by atoms with Gasteiger partial charge in [0.15, 0.2) is 0 Å². The molecule has 52 valence electrons. The van der Waals surface area contributed by atoms with E-state index in [1.807, 2.05) is 0 Å². The van der Waals surface area contributed by atoms with Crippen molar-refractivity contribution in [2.24, 2.45) is 0 Å². The minimum Gasteiger partial charge on any atom is -1.00 e. The van der Waals surface area contributed by atoms with Gasteiger partial charge >= 0.3 is 35.5 Å². The van der Waals surface area contributed by atoms with Gasteiger partial charge in [-0.3, -0.25) is 0 Å². The second kappa shape index (κ2) is 4.77. The Morgan fingerprint density at radius 2 is 2.40 bits per heavy atom. The summed E-state index contributed by atoms with van der Waals surface area (Å²) in [7, 11) is 0. The predicted octanol–water partition coefficient (Wildman–Crippen LogP) is -2.12. The average Bonchev–Trinajstić information content (AvgIpc) is 1.89. The Hall–Kier alpha value is 0.0100. The van der Waals surface area contributed by atoms with Crippen LogP contribution in [-0.4, -0.2) is 17.7 Å². The van der Waals surface area contributed by atoms with E-state index in [0.717, 1.165) is 12.7 Å². The van der Waals surface area contributed by atoms with E-state index >= 15 is 0 Å². The minimum absolute atomic E-state index is 0. The largest absolute Gasteiger partial charge is 1.00 e. The first-order valence-electron chi connectivity index (χ1n) is 2.85. The zero-order valence-electron chi connectivity index (χ0n) is 6.96.